The quantitative estimate of drug-likeness (QED) is 0.264. The van der Waals surface area contributed by atoms with Crippen LogP contribution < -0.4 is 16.6 Å². The first kappa shape index (κ1) is 11.1. The number of hydrogen-bond acceptors (Lipinski definition) is 3. The second kappa shape index (κ2) is 4.47. The van der Waals surface area contributed by atoms with E-state index in [2.05, 4.69) is 5.84 Å². The molecule has 15 heavy (non-hydrogen) atoms. The smallest absolute Gasteiger partial charge is 0.315 e. The van der Waals surface area contributed by atoms with E-state index in [0.29, 0.717) is 0 Å². The van der Waals surface area contributed by atoms with Gasteiger partial charge >= 0.3 is 11.8 Å². The van der Waals surface area contributed by atoms with E-state index in [-0.39, 0.29) is 0 Å². The average molecular weight is 215 g/mol. The molecule has 0 fully saturated rings. The van der Waals surface area contributed by atoms with Crippen molar-refractivity contribution < 1.29 is 18.4 Å². The summed E-state index contributed by atoms with van der Waals surface area (Å²) < 4.78 is 25.6. The van der Waals surface area contributed by atoms with E-state index in [1.807, 2.05) is 5.32 Å². The molecule has 2 amide bonds. The summed E-state index contributed by atoms with van der Waals surface area (Å²) in [7, 11) is 0. The van der Waals surface area contributed by atoms with Crippen LogP contribution in [0.2, 0.25) is 0 Å². The molecule has 0 saturated carbocycles. The third kappa shape index (κ3) is 2.47. The number of hydrazine groups is 1. The van der Waals surface area contributed by atoms with Gasteiger partial charge in [-0.05, 0) is 12.1 Å². The second-order valence-corrected chi connectivity index (χ2v) is 2.53. The molecule has 5 nitrogen and oxygen atoms in total. The Kier molecular flexibility index (Phi) is 3.29. The van der Waals surface area contributed by atoms with Gasteiger partial charge in [-0.2, -0.15) is 0 Å². The van der Waals surface area contributed by atoms with Crippen molar-refractivity contribution in [3.63, 3.8) is 0 Å². The van der Waals surface area contributed by atoms with Gasteiger partial charge in [0.2, 0.25) is 0 Å². The predicted molar refractivity (Wildman–Crippen MR) is 47.3 cm³/mol. The van der Waals surface area contributed by atoms with Crippen LogP contribution >= 0.6 is 0 Å². The van der Waals surface area contributed by atoms with Crippen LogP contribution in [0.15, 0.2) is 18.2 Å². The van der Waals surface area contributed by atoms with Crippen LogP contribution in [-0.2, 0) is 9.59 Å². The van der Waals surface area contributed by atoms with Crippen LogP contribution in [0, 0.1) is 11.6 Å². The number of hydrogen-bond donors (Lipinski definition) is 3. The van der Waals surface area contributed by atoms with E-state index >= 15 is 0 Å². The number of rotatable bonds is 1. The zero-order valence-electron chi connectivity index (χ0n) is 7.38. The molecule has 4 N–H and O–H groups in total. The van der Waals surface area contributed by atoms with Gasteiger partial charge in [0.1, 0.15) is 0 Å². The van der Waals surface area contributed by atoms with Crippen molar-refractivity contribution in [3.8, 4) is 0 Å². The molecule has 0 aliphatic carbocycles. The Morgan fingerprint density at radius 1 is 1.20 bits per heavy atom. The zero-order chi connectivity index (χ0) is 11.4. The topological polar surface area (TPSA) is 84.2 Å². The van der Waals surface area contributed by atoms with Crippen LogP contribution in [0.1, 0.15) is 0 Å². The van der Waals surface area contributed by atoms with Crippen LogP contribution in [0.25, 0.3) is 0 Å². The van der Waals surface area contributed by atoms with Gasteiger partial charge in [0, 0.05) is 0 Å². The highest BCUT2D eigenvalue weighted by molar-refractivity contribution is 6.39. The minimum absolute atomic E-state index is 0.427. The van der Waals surface area contributed by atoms with Gasteiger partial charge in [-0.25, -0.2) is 14.6 Å². The summed E-state index contributed by atoms with van der Waals surface area (Å²) in [5, 5.41) is 1.86. The van der Waals surface area contributed by atoms with Crippen molar-refractivity contribution in [2.75, 3.05) is 5.32 Å². The summed E-state index contributed by atoms with van der Waals surface area (Å²) in [6.45, 7) is 0. The largest absolute Gasteiger partial charge is 0.323 e. The van der Waals surface area contributed by atoms with E-state index in [1.54, 1.807) is 5.43 Å². The molecule has 1 rings (SSSR count). The highest BCUT2D eigenvalue weighted by atomic mass is 19.2. The fourth-order valence-electron chi connectivity index (χ4n) is 0.845. The molecule has 0 saturated heterocycles. The molecule has 0 radical (unpaired) electrons. The predicted octanol–water partition coefficient (Wildman–Crippen LogP) is -0.107. The van der Waals surface area contributed by atoms with E-state index in [4.69, 9.17) is 0 Å². The van der Waals surface area contributed by atoms with Crippen LogP contribution in [0.3, 0.4) is 0 Å². The first-order valence-electron chi connectivity index (χ1n) is 3.82. The molecule has 0 aliphatic rings. The molecule has 7 heteroatoms. The monoisotopic (exact) mass is 215 g/mol. The van der Waals surface area contributed by atoms with E-state index < -0.39 is 29.1 Å². The molecular formula is C8H7F2N3O2. The summed E-state index contributed by atoms with van der Waals surface area (Å²) >= 11 is 0. The number of carbonyl (C=O) groups excluding carboxylic acids is 2. The SMILES string of the molecule is NNC(=O)C(=O)Nc1cccc(F)c1F. The highest BCUT2D eigenvalue weighted by Crippen LogP contribution is 2.16. The van der Waals surface area contributed by atoms with Gasteiger partial charge < -0.3 is 5.32 Å². The lowest BCUT2D eigenvalue weighted by Gasteiger charge is -2.04. The van der Waals surface area contributed by atoms with Crippen molar-refractivity contribution in [1.29, 1.82) is 0 Å². The summed E-state index contributed by atoms with van der Waals surface area (Å²) in [6, 6.07) is 3.18. The zero-order valence-corrected chi connectivity index (χ0v) is 7.38. The molecule has 1 aromatic carbocycles. The van der Waals surface area contributed by atoms with E-state index in [0.717, 1.165) is 12.1 Å². The summed E-state index contributed by atoms with van der Waals surface area (Å²) in [4.78, 5) is 21.6. The number of halogens is 2. The summed E-state index contributed by atoms with van der Waals surface area (Å²) in [6.07, 6.45) is 0. The Bertz CT molecular complexity index is 409. The standard InChI is InChI=1S/C8H7F2N3O2/c9-4-2-1-3-5(6(4)10)12-7(14)8(15)13-11/h1-3H,11H2,(H,12,14)(H,13,15). The minimum Gasteiger partial charge on any atom is -0.315 e. The van der Waals surface area contributed by atoms with Crippen LogP contribution in [0.4, 0.5) is 14.5 Å². The van der Waals surface area contributed by atoms with Crippen molar-refractivity contribution in [1.82, 2.24) is 5.43 Å². The molecule has 0 spiro atoms. The van der Waals surface area contributed by atoms with Crippen molar-refractivity contribution in [2.24, 2.45) is 5.84 Å². The maximum atomic E-state index is 13.0. The summed E-state index contributed by atoms with van der Waals surface area (Å²) in [5.41, 5.74) is 1.12. The van der Waals surface area contributed by atoms with Crippen molar-refractivity contribution in [2.45, 2.75) is 0 Å². The normalized spacial score (nSPS) is 9.53. The molecular weight excluding hydrogens is 208 g/mol. The molecule has 0 bridgehead atoms. The molecule has 0 heterocycles. The van der Waals surface area contributed by atoms with Gasteiger partial charge in [-0.1, -0.05) is 6.07 Å². The third-order valence-electron chi connectivity index (χ3n) is 1.54. The number of nitrogens with one attached hydrogen (secondary N) is 2. The molecule has 0 unspecified atom stereocenters. The lowest BCUT2D eigenvalue weighted by molar-refractivity contribution is -0.136. The van der Waals surface area contributed by atoms with E-state index in [9.17, 15) is 18.4 Å². The van der Waals surface area contributed by atoms with Crippen LogP contribution in [0.5, 0.6) is 0 Å². The number of anilines is 1. The Morgan fingerprint density at radius 3 is 2.47 bits per heavy atom. The molecule has 0 aliphatic heterocycles. The lowest BCUT2D eigenvalue weighted by Crippen LogP contribution is -2.39. The molecule has 0 aromatic heterocycles. The first-order valence-corrected chi connectivity index (χ1v) is 3.82. The Balaban J connectivity index is 2.86. The van der Waals surface area contributed by atoms with Crippen molar-refractivity contribution in [3.05, 3.63) is 29.8 Å². The van der Waals surface area contributed by atoms with Gasteiger partial charge in [-0.3, -0.25) is 15.0 Å². The molecule has 0 atom stereocenters. The number of benzene rings is 1. The van der Waals surface area contributed by atoms with Crippen LogP contribution in [-0.4, -0.2) is 11.8 Å². The number of nitrogens with two attached hydrogens (primary N) is 1. The Hall–Kier alpha value is -2.02. The third-order valence-corrected chi connectivity index (χ3v) is 1.54. The Labute approximate surface area is 83.2 Å². The minimum atomic E-state index is -1.24. The van der Waals surface area contributed by atoms with Gasteiger partial charge in [0.25, 0.3) is 0 Å². The van der Waals surface area contributed by atoms with Gasteiger partial charge in [0.15, 0.2) is 11.6 Å². The second-order valence-electron chi connectivity index (χ2n) is 2.53. The lowest BCUT2D eigenvalue weighted by atomic mass is 10.3. The van der Waals surface area contributed by atoms with Crippen molar-refractivity contribution >= 4 is 17.5 Å². The van der Waals surface area contributed by atoms with Gasteiger partial charge in [-0.15, -0.1) is 0 Å². The average Bonchev–Trinajstić information content (AvgIpc) is 2.23. The maximum absolute atomic E-state index is 13.0. The first-order chi connectivity index (χ1) is 7.06. The summed E-state index contributed by atoms with van der Waals surface area (Å²) in [5.74, 6) is -0.0306. The maximum Gasteiger partial charge on any atom is 0.323 e. The molecule has 1 aromatic rings. The fourth-order valence-corrected chi connectivity index (χ4v) is 0.845. The van der Waals surface area contributed by atoms with E-state index in [1.165, 1.54) is 6.07 Å². The highest BCUT2D eigenvalue weighted by Gasteiger charge is 2.15. The fraction of sp³-hybridized carbons (Fsp3) is 0. The number of carbonyl (C=O) groups is 2. The van der Waals surface area contributed by atoms with Gasteiger partial charge in [0.05, 0.1) is 5.69 Å². The Morgan fingerprint density at radius 2 is 1.87 bits per heavy atom. The number of amides is 2. The molecule has 80 valence electrons.